The monoisotopic (exact) mass is 305 g/mol. The molecule has 1 N–H and O–H groups in total. The summed E-state index contributed by atoms with van der Waals surface area (Å²) in [5, 5.41) is 0.893. The van der Waals surface area contributed by atoms with E-state index in [0.29, 0.717) is 5.56 Å². The van der Waals surface area contributed by atoms with Gasteiger partial charge in [0.05, 0.1) is 10.2 Å². The summed E-state index contributed by atoms with van der Waals surface area (Å²) in [6, 6.07) is 14.9. The van der Waals surface area contributed by atoms with Crippen LogP contribution in [-0.4, -0.2) is 18.0 Å². The molecule has 2 aromatic carbocycles. The molecule has 3 rings (SSSR count). The molecule has 102 valence electrons. The number of aromatic nitrogens is 1. The average Bonchev–Trinajstić information content (AvgIpc) is 2.81. The van der Waals surface area contributed by atoms with Gasteiger partial charge in [0.2, 0.25) is 0 Å². The highest BCUT2D eigenvalue weighted by molar-refractivity contribution is 7.85. The lowest BCUT2D eigenvalue weighted by Crippen LogP contribution is -2.01. The largest absolute Gasteiger partial charge is 0.285 e. The van der Waals surface area contributed by atoms with Crippen molar-refractivity contribution < 1.29 is 13.0 Å². The van der Waals surface area contributed by atoms with Gasteiger partial charge in [-0.25, -0.2) is 4.98 Å². The molecule has 0 amide bonds. The van der Waals surface area contributed by atoms with Gasteiger partial charge in [-0.3, -0.25) is 4.55 Å². The second-order valence-electron chi connectivity index (χ2n) is 4.41. The van der Waals surface area contributed by atoms with E-state index in [1.807, 2.05) is 36.4 Å². The van der Waals surface area contributed by atoms with E-state index in [2.05, 4.69) is 4.98 Å². The van der Waals surface area contributed by atoms with Crippen LogP contribution >= 0.6 is 11.3 Å². The van der Waals surface area contributed by atoms with Gasteiger partial charge in [-0.1, -0.05) is 36.4 Å². The second kappa shape index (κ2) is 4.97. The molecular weight excluding hydrogens is 294 g/mol. The highest BCUT2D eigenvalue weighted by Gasteiger charge is 2.08. The molecule has 0 saturated carbocycles. The summed E-state index contributed by atoms with van der Waals surface area (Å²) in [5.74, 6) is -0.368. The first kappa shape index (κ1) is 13.2. The van der Waals surface area contributed by atoms with Gasteiger partial charge in [0.25, 0.3) is 10.1 Å². The molecule has 3 aromatic rings. The van der Waals surface area contributed by atoms with Crippen molar-refractivity contribution in [3.8, 4) is 10.6 Å². The SMILES string of the molecule is O=S(=O)(O)Cc1ccc(-c2nc3ccccc3s2)cc1. The minimum atomic E-state index is -3.99. The molecule has 0 atom stereocenters. The van der Waals surface area contributed by atoms with E-state index in [1.54, 1.807) is 23.5 Å². The third-order valence-corrected chi connectivity index (χ3v) is 4.63. The predicted molar refractivity (Wildman–Crippen MR) is 80.3 cm³/mol. The Hall–Kier alpha value is -1.76. The Bertz CT molecular complexity index is 819. The van der Waals surface area contributed by atoms with Crippen LogP contribution in [0.3, 0.4) is 0 Å². The molecule has 0 saturated heterocycles. The quantitative estimate of drug-likeness (QED) is 0.754. The van der Waals surface area contributed by atoms with Crippen LogP contribution in [0.2, 0.25) is 0 Å². The van der Waals surface area contributed by atoms with Gasteiger partial charge in [0, 0.05) is 5.56 Å². The molecule has 0 fully saturated rings. The highest BCUT2D eigenvalue weighted by atomic mass is 32.2. The van der Waals surface area contributed by atoms with Crippen LogP contribution in [0, 0.1) is 0 Å². The maximum absolute atomic E-state index is 10.8. The zero-order valence-electron chi connectivity index (χ0n) is 10.4. The first-order valence-corrected chi connectivity index (χ1v) is 8.34. The summed E-state index contributed by atoms with van der Waals surface area (Å²) < 4.78 is 31.6. The smallest absolute Gasteiger partial charge is 0.269 e. The molecule has 0 aliphatic rings. The maximum atomic E-state index is 10.8. The Morgan fingerprint density at radius 2 is 1.75 bits per heavy atom. The summed E-state index contributed by atoms with van der Waals surface area (Å²) >= 11 is 1.59. The van der Waals surface area contributed by atoms with Crippen LogP contribution in [-0.2, 0) is 15.9 Å². The van der Waals surface area contributed by atoms with Crippen molar-refractivity contribution in [3.63, 3.8) is 0 Å². The van der Waals surface area contributed by atoms with Crippen molar-refractivity contribution in [2.24, 2.45) is 0 Å². The first-order valence-electron chi connectivity index (χ1n) is 5.91. The molecule has 20 heavy (non-hydrogen) atoms. The fraction of sp³-hybridized carbons (Fsp3) is 0.0714. The molecule has 0 radical (unpaired) electrons. The van der Waals surface area contributed by atoms with Crippen molar-refractivity contribution in [1.82, 2.24) is 4.98 Å². The summed E-state index contributed by atoms with van der Waals surface area (Å²) in [4.78, 5) is 4.54. The summed E-state index contributed by atoms with van der Waals surface area (Å²) in [6.45, 7) is 0. The number of hydrogen-bond acceptors (Lipinski definition) is 4. The Morgan fingerprint density at radius 3 is 2.40 bits per heavy atom. The van der Waals surface area contributed by atoms with Crippen LogP contribution in [0.4, 0.5) is 0 Å². The minimum absolute atomic E-state index is 0.368. The van der Waals surface area contributed by atoms with Crippen LogP contribution in [0.15, 0.2) is 48.5 Å². The average molecular weight is 305 g/mol. The number of nitrogens with zero attached hydrogens (tertiary/aromatic N) is 1. The number of para-hydroxylation sites is 1. The number of rotatable bonds is 3. The normalized spacial score (nSPS) is 11.8. The van der Waals surface area contributed by atoms with Crippen molar-refractivity contribution in [2.45, 2.75) is 5.75 Å². The van der Waals surface area contributed by atoms with Crippen molar-refractivity contribution >= 4 is 31.7 Å². The lowest BCUT2D eigenvalue weighted by atomic mass is 10.2. The predicted octanol–water partition coefficient (Wildman–Crippen LogP) is 3.35. The molecule has 6 heteroatoms. The number of thiazole rings is 1. The summed E-state index contributed by atoms with van der Waals surface area (Å²) in [5.41, 5.74) is 2.44. The van der Waals surface area contributed by atoms with E-state index >= 15 is 0 Å². The number of hydrogen-bond donors (Lipinski definition) is 1. The molecular formula is C14H11NO3S2. The molecule has 1 heterocycles. The fourth-order valence-electron chi connectivity index (χ4n) is 1.95. The second-order valence-corrected chi connectivity index (χ2v) is 6.89. The Labute approximate surface area is 120 Å². The van der Waals surface area contributed by atoms with Crippen molar-refractivity contribution in [3.05, 3.63) is 54.1 Å². The van der Waals surface area contributed by atoms with E-state index in [0.717, 1.165) is 20.8 Å². The van der Waals surface area contributed by atoms with E-state index in [1.165, 1.54) is 0 Å². The Kier molecular flexibility index (Phi) is 3.29. The van der Waals surface area contributed by atoms with E-state index < -0.39 is 10.1 Å². The van der Waals surface area contributed by atoms with Crippen LogP contribution in [0.25, 0.3) is 20.8 Å². The molecule has 0 spiro atoms. The highest BCUT2D eigenvalue weighted by Crippen LogP contribution is 2.30. The van der Waals surface area contributed by atoms with Crippen LogP contribution < -0.4 is 0 Å². The Balaban J connectivity index is 1.94. The lowest BCUT2D eigenvalue weighted by molar-refractivity contribution is 0.482. The molecule has 4 nitrogen and oxygen atoms in total. The lowest BCUT2D eigenvalue weighted by Gasteiger charge is -2.00. The third kappa shape index (κ3) is 2.87. The summed E-state index contributed by atoms with van der Waals surface area (Å²) in [6.07, 6.45) is 0. The Morgan fingerprint density at radius 1 is 1.05 bits per heavy atom. The van der Waals surface area contributed by atoms with Crippen LogP contribution in [0.1, 0.15) is 5.56 Å². The van der Waals surface area contributed by atoms with Gasteiger partial charge in [-0.15, -0.1) is 11.3 Å². The third-order valence-electron chi connectivity index (χ3n) is 2.84. The topological polar surface area (TPSA) is 67.3 Å². The molecule has 0 unspecified atom stereocenters. The van der Waals surface area contributed by atoms with Gasteiger partial charge >= 0.3 is 0 Å². The maximum Gasteiger partial charge on any atom is 0.269 e. The van der Waals surface area contributed by atoms with Gasteiger partial charge in [-0.2, -0.15) is 8.42 Å². The van der Waals surface area contributed by atoms with Crippen molar-refractivity contribution in [2.75, 3.05) is 0 Å². The molecule has 0 aliphatic carbocycles. The molecule has 1 aromatic heterocycles. The molecule has 0 aliphatic heterocycles. The zero-order valence-corrected chi connectivity index (χ0v) is 12.0. The molecule has 0 bridgehead atoms. The standard InChI is InChI=1S/C14H11NO3S2/c16-20(17,18)9-10-5-7-11(8-6-10)14-15-12-3-1-2-4-13(12)19-14/h1-8H,9H2,(H,16,17,18). The zero-order chi connectivity index (χ0) is 14.2. The van der Waals surface area contributed by atoms with Gasteiger partial charge < -0.3 is 0 Å². The van der Waals surface area contributed by atoms with E-state index in [9.17, 15) is 8.42 Å². The number of fused-ring (bicyclic) bond motifs is 1. The van der Waals surface area contributed by atoms with Gasteiger partial charge in [-0.05, 0) is 17.7 Å². The minimum Gasteiger partial charge on any atom is -0.285 e. The van der Waals surface area contributed by atoms with E-state index in [4.69, 9.17) is 4.55 Å². The van der Waals surface area contributed by atoms with Gasteiger partial charge in [0.15, 0.2) is 0 Å². The number of benzene rings is 2. The van der Waals surface area contributed by atoms with E-state index in [-0.39, 0.29) is 5.75 Å². The van der Waals surface area contributed by atoms with Crippen LogP contribution in [0.5, 0.6) is 0 Å². The summed E-state index contributed by atoms with van der Waals surface area (Å²) in [7, 11) is -3.99. The fourth-order valence-corrected chi connectivity index (χ4v) is 3.53. The van der Waals surface area contributed by atoms with Gasteiger partial charge in [0.1, 0.15) is 10.8 Å². The van der Waals surface area contributed by atoms with Crippen molar-refractivity contribution in [1.29, 1.82) is 0 Å². The first-order chi connectivity index (χ1) is 9.51.